The van der Waals surface area contributed by atoms with Crippen molar-refractivity contribution in [3.63, 3.8) is 0 Å². The molecule has 2 aromatic rings. The molecule has 0 aromatic heterocycles. The van der Waals surface area contributed by atoms with Crippen molar-refractivity contribution in [1.29, 1.82) is 0 Å². The second kappa shape index (κ2) is 13.3. The second-order valence-corrected chi connectivity index (χ2v) is 10.4. The summed E-state index contributed by atoms with van der Waals surface area (Å²) >= 11 is 0. The Morgan fingerprint density at radius 3 is 2.48 bits per heavy atom. The monoisotopic (exact) mass is 572 g/mol. The molecule has 4 amide bonds. The predicted molar refractivity (Wildman–Crippen MR) is 144 cm³/mol. The molecule has 16 heteroatoms. The summed E-state index contributed by atoms with van der Waals surface area (Å²) in [5.74, 6) is -4.52. The maximum absolute atomic E-state index is 13.0. The van der Waals surface area contributed by atoms with Crippen molar-refractivity contribution < 1.29 is 32.7 Å². The summed E-state index contributed by atoms with van der Waals surface area (Å²) in [6.45, 7) is -0.359. The number of sulfonamides is 1. The van der Waals surface area contributed by atoms with E-state index in [-0.39, 0.29) is 29.4 Å². The number of hydrazine groups is 1. The second-order valence-electron chi connectivity index (χ2n) is 8.52. The highest BCUT2D eigenvalue weighted by atomic mass is 32.2. The van der Waals surface area contributed by atoms with Crippen molar-refractivity contribution in [2.75, 3.05) is 13.1 Å². The van der Waals surface area contributed by atoms with Crippen LogP contribution in [-0.4, -0.2) is 72.9 Å². The van der Waals surface area contributed by atoms with Crippen molar-refractivity contribution in [3.05, 3.63) is 60.2 Å². The molecule has 1 saturated heterocycles. The van der Waals surface area contributed by atoms with Crippen LogP contribution in [-0.2, 0) is 19.6 Å². The summed E-state index contributed by atoms with van der Waals surface area (Å²) < 4.78 is 27.0. The largest absolute Gasteiger partial charge is 0.481 e. The number of aliphatic imine (C=N–C) groups is 2. The number of hydrogen-bond acceptors (Lipinski definition) is 7. The number of carbonyl (C=O) groups excluding carboxylic acids is 3. The number of nitrogens with two attached hydrogens (primary N) is 2. The van der Waals surface area contributed by atoms with E-state index in [1.54, 1.807) is 24.3 Å². The Kier molecular flexibility index (Phi) is 9.88. The average Bonchev–Trinajstić information content (AvgIpc) is 3.43. The molecule has 0 aliphatic carbocycles. The molecule has 3 rings (SSSR count). The molecule has 0 radical (unpaired) electrons. The van der Waals surface area contributed by atoms with E-state index in [1.165, 1.54) is 30.3 Å². The quantitative estimate of drug-likeness (QED) is 0.131. The Labute approximate surface area is 229 Å². The molecule has 1 aliphatic rings. The van der Waals surface area contributed by atoms with Gasteiger partial charge in [0.1, 0.15) is 12.0 Å². The van der Waals surface area contributed by atoms with Crippen molar-refractivity contribution in [2.45, 2.75) is 23.8 Å². The highest BCUT2D eigenvalue weighted by molar-refractivity contribution is 7.89. The maximum Gasteiger partial charge on any atom is 0.333 e. The molecule has 0 bridgehead atoms. The maximum atomic E-state index is 13.0. The zero-order chi connectivity index (χ0) is 29.3. The van der Waals surface area contributed by atoms with Crippen molar-refractivity contribution in [1.82, 2.24) is 20.5 Å². The van der Waals surface area contributed by atoms with Crippen LogP contribution in [0.25, 0.3) is 0 Å². The lowest BCUT2D eigenvalue weighted by Crippen LogP contribution is -2.48. The van der Waals surface area contributed by atoms with Crippen LogP contribution in [0.3, 0.4) is 0 Å². The van der Waals surface area contributed by atoms with Gasteiger partial charge in [-0.15, -0.1) is 0 Å². The van der Waals surface area contributed by atoms with Crippen LogP contribution in [0, 0.1) is 5.92 Å². The number of carboxylic acids is 1. The molecular weight excluding hydrogens is 544 g/mol. The molecule has 2 atom stereocenters. The van der Waals surface area contributed by atoms with E-state index in [4.69, 9.17) is 11.5 Å². The molecule has 2 aromatic carbocycles. The van der Waals surface area contributed by atoms with Crippen LogP contribution < -0.4 is 27.6 Å². The average molecular weight is 573 g/mol. The summed E-state index contributed by atoms with van der Waals surface area (Å²) in [5.41, 5.74) is 15.3. The lowest BCUT2D eigenvalue weighted by molar-refractivity contribution is -0.139. The molecule has 8 N–H and O–H groups in total. The third-order valence-corrected chi connectivity index (χ3v) is 7.60. The van der Waals surface area contributed by atoms with Crippen molar-refractivity contribution >= 4 is 51.7 Å². The first-order valence-electron chi connectivity index (χ1n) is 11.9. The van der Waals surface area contributed by atoms with Crippen molar-refractivity contribution in [3.8, 4) is 0 Å². The molecule has 1 aliphatic heterocycles. The highest BCUT2D eigenvalue weighted by Gasteiger charge is 2.39. The molecule has 0 saturated carbocycles. The lowest BCUT2D eigenvalue weighted by atomic mass is 10.1. The normalized spacial score (nSPS) is 16.1. The zero-order valence-electron chi connectivity index (χ0n) is 21.1. The number of aliphatic carboxylic acids is 1. The molecule has 40 heavy (non-hydrogen) atoms. The van der Waals surface area contributed by atoms with Crippen LogP contribution in [0.4, 0.5) is 10.5 Å². The molecule has 0 spiro atoms. The number of carboxylic acid groups (broad SMARTS) is 1. The molecule has 1 unspecified atom stereocenters. The third-order valence-electron chi connectivity index (χ3n) is 5.68. The van der Waals surface area contributed by atoms with Gasteiger partial charge in [-0.3, -0.25) is 19.8 Å². The minimum Gasteiger partial charge on any atom is -0.481 e. The summed E-state index contributed by atoms with van der Waals surface area (Å²) in [6, 6.07) is 11.5. The number of benzene rings is 2. The minimum absolute atomic E-state index is 0.0332. The van der Waals surface area contributed by atoms with Crippen LogP contribution in [0.2, 0.25) is 0 Å². The van der Waals surface area contributed by atoms with Gasteiger partial charge in [-0.25, -0.2) is 28.6 Å². The fourth-order valence-electron chi connectivity index (χ4n) is 3.75. The number of guanidine groups is 1. The number of hydrogen-bond donors (Lipinski definition) is 6. The number of nitrogens with zero attached hydrogens (tertiary/aromatic N) is 3. The van der Waals surface area contributed by atoms with E-state index in [1.807, 2.05) is 0 Å². The van der Waals surface area contributed by atoms with Gasteiger partial charge in [-0.1, -0.05) is 24.3 Å². The Morgan fingerprint density at radius 1 is 1.07 bits per heavy atom. The van der Waals surface area contributed by atoms with E-state index in [0.717, 1.165) is 10.5 Å². The van der Waals surface area contributed by atoms with Crippen LogP contribution in [0.1, 0.15) is 23.2 Å². The lowest BCUT2D eigenvalue weighted by Gasteiger charge is -2.21. The van der Waals surface area contributed by atoms with E-state index in [2.05, 4.69) is 26.2 Å². The SMILES string of the molecule is NC(N)=Nc1cccc(C(=O)NNC(=O)NCC(C=NC(=O)[C@@H]2CCCN2S(=O)(=O)c2ccccc2)C(=O)O)c1. The summed E-state index contributed by atoms with van der Waals surface area (Å²) in [5, 5.41) is 11.7. The first kappa shape index (κ1) is 29.7. The van der Waals surface area contributed by atoms with Gasteiger partial charge in [0, 0.05) is 24.9 Å². The Hall–Kier alpha value is -4.83. The number of amides is 4. The van der Waals surface area contributed by atoms with E-state index >= 15 is 0 Å². The minimum atomic E-state index is -3.95. The standard InChI is InChI=1S/C24H28N8O7S/c25-23(26)29-17-7-4-6-15(12-17)20(33)30-31-24(37)28-14-16(22(35)36)13-27-21(34)19-10-5-11-32(19)40(38,39)18-8-2-1-3-9-18/h1-4,6-9,12-13,16,19H,5,10-11,14H2,(H,30,33)(H,35,36)(H4,25,26,29)(H2,28,31,37)/t16?,19-/m0/s1. The van der Waals surface area contributed by atoms with Gasteiger partial charge in [-0.2, -0.15) is 4.31 Å². The molecule has 212 valence electrons. The van der Waals surface area contributed by atoms with E-state index in [9.17, 15) is 32.7 Å². The van der Waals surface area contributed by atoms with Crippen LogP contribution in [0.15, 0.2) is 69.5 Å². The van der Waals surface area contributed by atoms with Gasteiger partial charge < -0.3 is 21.9 Å². The summed E-state index contributed by atoms with van der Waals surface area (Å²) in [7, 11) is -3.95. The van der Waals surface area contributed by atoms with Gasteiger partial charge >= 0.3 is 12.0 Å². The molecule has 1 heterocycles. The van der Waals surface area contributed by atoms with Gasteiger partial charge in [0.2, 0.25) is 10.0 Å². The van der Waals surface area contributed by atoms with Crippen molar-refractivity contribution in [2.24, 2.45) is 27.4 Å². The number of carbonyl (C=O) groups is 4. The van der Waals surface area contributed by atoms with Gasteiger partial charge in [0.05, 0.1) is 10.6 Å². The van der Waals surface area contributed by atoms with Crippen LogP contribution in [0.5, 0.6) is 0 Å². The first-order chi connectivity index (χ1) is 19.0. The Balaban J connectivity index is 1.55. The topological polar surface area (TPSA) is 239 Å². The number of rotatable bonds is 9. The Bertz CT molecular complexity index is 1430. The molecular formula is C24H28N8O7S. The predicted octanol–water partition coefficient (Wildman–Crippen LogP) is -0.313. The number of urea groups is 1. The van der Waals surface area contributed by atoms with Gasteiger partial charge in [-0.05, 0) is 43.2 Å². The summed E-state index contributed by atoms with van der Waals surface area (Å²) in [4.78, 5) is 56.2. The zero-order valence-corrected chi connectivity index (χ0v) is 21.9. The van der Waals surface area contributed by atoms with Gasteiger partial charge in [0.15, 0.2) is 5.96 Å². The smallest absolute Gasteiger partial charge is 0.333 e. The highest BCUT2D eigenvalue weighted by Crippen LogP contribution is 2.26. The Morgan fingerprint density at radius 2 is 1.80 bits per heavy atom. The first-order valence-corrected chi connectivity index (χ1v) is 13.3. The fraction of sp³-hybridized carbons (Fsp3) is 0.250. The molecule has 15 nitrogen and oxygen atoms in total. The number of nitrogens with one attached hydrogen (secondary N) is 3. The third kappa shape index (κ3) is 7.84. The van der Waals surface area contributed by atoms with Gasteiger partial charge in [0.25, 0.3) is 11.8 Å². The van der Waals surface area contributed by atoms with E-state index in [0.29, 0.717) is 12.1 Å². The molecule has 1 fully saturated rings. The van der Waals surface area contributed by atoms with E-state index < -0.39 is 52.3 Å². The summed E-state index contributed by atoms with van der Waals surface area (Å²) in [6.07, 6.45) is 1.51. The fourth-order valence-corrected chi connectivity index (χ4v) is 5.43. The van der Waals surface area contributed by atoms with Crippen LogP contribution >= 0.6 is 0 Å².